The molecule has 0 aliphatic carbocycles. The molecular weight excluding hydrogens is 375 g/mol. The van der Waals surface area contributed by atoms with E-state index in [9.17, 15) is 19.7 Å². The van der Waals surface area contributed by atoms with Crippen molar-refractivity contribution in [3.8, 4) is 0 Å². The van der Waals surface area contributed by atoms with Crippen LogP contribution >= 0.6 is 23.2 Å². The standard InChI is InChI=1S/C15H14Cl2N2O6/c1-3-24-13(20)7-12-14(15(21)25-4-2)19(23)11-6-9(17)8(16)5-10(11)18(12)22/h5-6H,3-4,7H2,1-2H3. The second kappa shape index (κ2) is 7.71. The Labute approximate surface area is 152 Å². The Morgan fingerprint density at radius 2 is 1.76 bits per heavy atom. The number of carbonyl (C=O) groups is 2. The topological polar surface area (TPSA) is 104 Å². The minimum Gasteiger partial charge on any atom is -0.805 e. The van der Waals surface area contributed by atoms with Crippen LogP contribution < -0.4 is 4.43 Å². The van der Waals surface area contributed by atoms with E-state index >= 15 is 0 Å². The molecule has 8 nitrogen and oxygen atoms in total. The lowest BCUT2D eigenvalue weighted by atomic mass is 10.2. The van der Waals surface area contributed by atoms with Gasteiger partial charge in [0, 0.05) is 11.0 Å². The molecule has 25 heavy (non-hydrogen) atoms. The maximum absolute atomic E-state index is 12.7. The predicted octanol–water partition coefficient (Wildman–Crippen LogP) is 2.49. The number of hydrogen-bond acceptors (Lipinski definition) is 6. The first-order valence-electron chi connectivity index (χ1n) is 7.31. The van der Waals surface area contributed by atoms with Gasteiger partial charge >= 0.3 is 17.6 Å². The summed E-state index contributed by atoms with van der Waals surface area (Å²) in [6.07, 6.45) is -0.579. The van der Waals surface area contributed by atoms with Crippen molar-refractivity contribution in [1.82, 2.24) is 4.73 Å². The van der Waals surface area contributed by atoms with E-state index in [1.807, 2.05) is 0 Å². The summed E-state index contributed by atoms with van der Waals surface area (Å²) in [6.45, 7) is 3.20. The summed E-state index contributed by atoms with van der Waals surface area (Å²) in [5, 5.41) is 12.7. The molecule has 1 aromatic heterocycles. The van der Waals surface area contributed by atoms with Crippen molar-refractivity contribution in [2.24, 2.45) is 0 Å². The molecule has 0 fully saturated rings. The van der Waals surface area contributed by atoms with Gasteiger partial charge in [0.1, 0.15) is 11.2 Å². The minimum atomic E-state index is -1.03. The molecule has 0 bridgehead atoms. The molecule has 0 N–H and O–H groups in total. The summed E-state index contributed by atoms with van der Waals surface area (Å²) in [4.78, 5) is 36.6. The molecule has 0 saturated carbocycles. The minimum absolute atomic E-state index is 0.0179. The smallest absolute Gasteiger partial charge is 0.410 e. The van der Waals surface area contributed by atoms with Crippen LogP contribution in [0, 0.1) is 10.1 Å². The fraction of sp³-hybridized carbons (Fsp3) is 0.333. The van der Waals surface area contributed by atoms with Gasteiger partial charge in [0.15, 0.2) is 0 Å². The third-order valence-corrected chi connectivity index (χ3v) is 3.98. The van der Waals surface area contributed by atoms with Gasteiger partial charge in [-0.05, 0) is 19.9 Å². The van der Waals surface area contributed by atoms with Crippen LogP contribution in [0.3, 0.4) is 0 Å². The average molecular weight is 389 g/mol. The second-order valence-corrected chi connectivity index (χ2v) is 5.66. The predicted molar refractivity (Wildman–Crippen MR) is 90.4 cm³/mol. The van der Waals surface area contributed by atoms with Gasteiger partial charge < -0.3 is 19.4 Å². The molecular formula is C15H14Cl2N2O6. The largest absolute Gasteiger partial charge is 0.805 e. The van der Waals surface area contributed by atoms with Crippen LogP contribution in [0.2, 0.25) is 10.0 Å². The van der Waals surface area contributed by atoms with Gasteiger partial charge in [-0.3, -0.25) is 4.79 Å². The normalized spacial score (nSPS) is 10.7. The number of esters is 2. The zero-order valence-electron chi connectivity index (χ0n) is 13.4. The number of ether oxygens (including phenoxy) is 2. The molecule has 2 rings (SSSR count). The van der Waals surface area contributed by atoms with Crippen molar-refractivity contribution in [3.05, 3.63) is 43.7 Å². The molecule has 0 spiro atoms. The lowest BCUT2D eigenvalue weighted by Gasteiger charge is -2.18. The average Bonchev–Trinajstić information content (AvgIpc) is 2.55. The Morgan fingerprint density at radius 3 is 2.36 bits per heavy atom. The lowest BCUT2D eigenvalue weighted by molar-refractivity contribution is -0.469. The van der Waals surface area contributed by atoms with E-state index in [-0.39, 0.29) is 43.5 Å². The van der Waals surface area contributed by atoms with E-state index < -0.39 is 29.7 Å². The molecule has 10 heteroatoms. The summed E-state index contributed by atoms with van der Waals surface area (Å²) in [6, 6.07) is 2.35. The van der Waals surface area contributed by atoms with Crippen LogP contribution in [0.5, 0.6) is 0 Å². The monoisotopic (exact) mass is 388 g/mol. The molecule has 2 aromatic rings. The molecule has 0 radical (unpaired) electrons. The van der Waals surface area contributed by atoms with Crippen molar-refractivity contribution in [2.45, 2.75) is 20.3 Å². The van der Waals surface area contributed by atoms with Gasteiger partial charge in [-0.2, -0.15) is 0 Å². The van der Waals surface area contributed by atoms with Gasteiger partial charge in [0.25, 0.3) is 5.52 Å². The van der Waals surface area contributed by atoms with E-state index in [0.29, 0.717) is 0 Å². The number of fused-ring (bicyclic) bond motifs is 1. The third-order valence-electron chi connectivity index (χ3n) is 3.26. The number of aromatic nitrogens is 2. The Kier molecular flexibility index (Phi) is 5.86. The number of hydrogen-bond donors (Lipinski definition) is 0. The molecule has 0 saturated heterocycles. The lowest BCUT2D eigenvalue weighted by Crippen LogP contribution is -2.33. The summed E-state index contributed by atoms with van der Waals surface area (Å²) >= 11 is 11.8. The SMILES string of the molecule is CCOC(=O)Cc1c(C(=O)OCC)[n+](=O)c2cc(Cl)c(Cl)cc2n1[O-]. The Morgan fingerprint density at radius 1 is 1.16 bits per heavy atom. The Bertz CT molecular complexity index is 909. The number of nitrogens with zero attached hydrogens (tertiary/aromatic N) is 2. The molecule has 0 amide bonds. The molecule has 134 valence electrons. The van der Waals surface area contributed by atoms with Crippen molar-refractivity contribution in [3.63, 3.8) is 0 Å². The zero-order valence-corrected chi connectivity index (χ0v) is 14.9. The van der Waals surface area contributed by atoms with E-state index in [4.69, 9.17) is 32.7 Å². The van der Waals surface area contributed by atoms with E-state index in [1.54, 1.807) is 13.8 Å². The number of rotatable bonds is 5. The molecule has 1 aromatic carbocycles. The van der Waals surface area contributed by atoms with Crippen LogP contribution in [-0.2, 0) is 20.7 Å². The Hall–Kier alpha value is -2.32. The highest BCUT2D eigenvalue weighted by atomic mass is 35.5. The molecule has 0 unspecified atom stereocenters. The van der Waals surface area contributed by atoms with Gasteiger partial charge in [0.2, 0.25) is 0 Å². The van der Waals surface area contributed by atoms with Gasteiger partial charge in [-0.25, -0.2) is 4.79 Å². The first-order chi connectivity index (χ1) is 11.8. The van der Waals surface area contributed by atoms with Crippen LogP contribution in [0.15, 0.2) is 12.1 Å². The van der Waals surface area contributed by atoms with Gasteiger partial charge in [0.05, 0.1) is 34.1 Å². The maximum atomic E-state index is 12.7. The molecule has 0 aliphatic rings. The van der Waals surface area contributed by atoms with E-state index in [0.717, 1.165) is 6.07 Å². The number of benzene rings is 1. The molecule has 1 heterocycles. The number of halogens is 2. The summed E-state index contributed by atoms with van der Waals surface area (Å²) in [7, 11) is 0. The highest BCUT2D eigenvalue weighted by Crippen LogP contribution is 2.27. The summed E-state index contributed by atoms with van der Waals surface area (Å²) < 4.78 is 10.1. The fourth-order valence-corrected chi connectivity index (χ4v) is 2.55. The van der Waals surface area contributed by atoms with Crippen LogP contribution in [0.4, 0.5) is 0 Å². The second-order valence-electron chi connectivity index (χ2n) is 4.84. The van der Waals surface area contributed by atoms with Crippen LogP contribution in [0.25, 0.3) is 11.0 Å². The summed E-state index contributed by atoms with van der Waals surface area (Å²) in [5.41, 5.74) is -1.31. The first kappa shape index (κ1) is 19.0. The quantitative estimate of drug-likeness (QED) is 0.575. The van der Waals surface area contributed by atoms with Crippen molar-refractivity contribution < 1.29 is 23.5 Å². The van der Waals surface area contributed by atoms with Crippen LogP contribution in [-0.4, -0.2) is 29.9 Å². The number of carbonyl (C=O) groups excluding carboxylic acids is 2. The van der Waals surface area contributed by atoms with E-state index in [1.165, 1.54) is 6.07 Å². The van der Waals surface area contributed by atoms with Crippen LogP contribution in [0.1, 0.15) is 30.0 Å². The maximum Gasteiger partial charge on any atom is 0.410 e. The van der Waals surface area contributed by atoms with Gasteiger partial charge in [-0.15, -0.1) is 0 Å². The van der Waals surface area contributed by atoms with Gasteiger partial charge in [-0.1, -0.05) is 23.2 Å². The van der Waals surface area contributed by atoms with Crippen molar-refractivity contribution >= 4 is 46.2 Å². The van der Waals surface area contributed by atoms with Crippen molar-refractivity contribution in [1.29, 1.82) is 0 Å². The highest BCUT2D eigenvalue weighted by Gasteiger charge is 2.32. The first-order valence-corrected chi connectivity index (χ1v) is 8.06. The highest BCUT2D eigenvalue weighted by molar-refractivity contribution is 6.42. The van der Waals surface area contributed by atoms with E-state index in [2.05, 4.69) is 0 Å². The summed E-state index contributed by atoms with van der Waals surface area (Å²) in [5.74, 6) is -1.80. The zero-order chi connectivity index (χ0) is 18.7. The Balaban J connectivity index is 2.82. The van der Waals surface area contributed by atoms with Crippen molar-refractivity contribution in [2.75, 3.05) is 13.2 Å². The molecule has 0 atom stereocenters. The molecule has 0 aliphatic heterocycles. The third kappa shape index (κ3) is 3.69. The fourth-order valence-electron chi connectivity index (χ4n) is 2.23.